The standard InChI is InChI=1S/C9H8Cl2O2/c10-7-4-6(2-1-3-12)5-8(11)9(7)13/h1-2,4-5,12-13H,3H2. The van der Waals surface area contributed by atoms with Crippen LogP contribution in [0.2, 0.25) is 10.0 Å². The molecule has 1 rings (SSSR count). The number of hydrogen-bond donors (Lipinski definition) is 2. The van der Waals surface area contributed by atoms with Crippen LogP contribution < -0.4 is 0 Å². The summed E-state index contributed by atoms with van der Waals surface area (Å²) in [4.78, 5) is 0. The number of aromatic hydroxyl groups is 1. The summed E-state index contributed by atoms with van der Waals surface area (Å²) < 4.78 is 0. The van der Waals surface area contributed by atoms with Crippen molar-refractivity contribution in [2.24, 2.45) is 0 Å². The molecule has 2 N–H and O–H groups in total. The van der Waals surface area contributed by atoms with Gasteiger partial charge in [-0.2, -0.15) is 0 Å². The van der Waals surface area contributed by atoms with E-state index in [4.69, 9.17) is 28.3 Å². The van der Waals surface area contributed by atoms with Crippen LogP contribution in [0.1, 0.15) is 5.56 Å². The van der Waals surface area contributed by atoms with Gasteiger partial charge in [0.25, 0.3) is 0 Å². The summed E-state index contributed by atoms with van der Waals surface area (Å²) in [5.41, 5.74) is 0.738. The fourth-order valence-electron chi connectivity index (χ4n) is 0.870. The van der Waals surface area contributed by atoms with Crippen LogP contribution in [0.15, 0.2) is 18.2 Å². The number of rotatable bonds is 2. The maximum Gasteiger partial charge on any atom is 0.152 e. The normalized spacial score (nSPS) is 11.0. The third-order valence-electron chi connectivity index (χ3n) is 1.45. The lowest BCUT2D eigenvalue weighted by molar-refractivity contribution is 0.343. The first-order chi connectivity index (χ1) is 6.15. The first kappa shape index (κ1) is 10.4. The summed E-state index contributed by atoms with van der Waals surface area (Å²) in [5, 5.41) is 18.1. The number of benzene rings is 1. The van der Waals surface area contributed by atoms with Gasteiger partial charge in [0.1, 0.15) is 0 Å². The average molecular weight is 219 g/mol. The average Bonchev–Trinajstić information content (AvgIpc) is 2.10. The van der Waals surface area contributed by atoms with Crippen molar-refractivity contribution in [3.05, 3.63) is 33.8 Å². The quantitative estimate of drug-likeness (QED) is 0.802. The Kier molecular flexibility index (Phi) is 3.60. The summed E-state index contributed by atoms with van der Waals surface area (Å²) in [6.07, 6.45) is 3.22. The van der Waals surface area contributed by atoms with Crippen LogP contribution in [0.3, 0.4) is 0 Å². The molecule has 0 aliphatic rings. The van der Waals surface area contributed by atoms with E-state index in [2.05, 4.69) is 0 Å². The van der Waals surface area contributed by atoms with Gasteiger partial charge in [0.05, 0.1) is 16.7 Å². The van der Waals surface area contributed by atoms with Crippen LogP contribution in [0.25, 0.3) is 6.08 Å². The molecule has 0 atom stereocenters. The molecule has 0 amide bonds. The highest BCUT2D eigenvalue weighted by atomic mass is 35.5. The molecule has 0 bridgehead atoms. The molecular formula is C9H8Cl2O2. The zero-order valence-corrected chi connectivity index (χ0v) is 8.18. The van der Waals surface area contributed by atoms with Gasteiger partial charge in [-0.15, -0.1) is 0 Å². The van der Waals surface area contributed by atoms with Gasteiger partial charge in [0.15, 0.2) is 5.75 Å². The third-order valence-corrected chi connectivity index (χ3v) is 2.03. The van der Waals surface area contributed by atoms with Gasteiger partial charge in [-0.05, 0) is 17.7 Å². The van der Waals surface area contributed by atoms with Crippen molar-refractivity contribution < 1.29 is 10.2 Å². The molecule has 70 valence electrons. The topological polar surface area (TPSA) is 40.5 Å². The van der Waals surface area contributed by atoms with Crippen molar-refractivity contribution in [3.8, 4) is 5.75 Å². The van der Waals surface area contributed by atoms with Gasteiger partial charge < -0.3 is 10.2 Å². The number of halogens is 2. The van der Waals surface area contributed by atoms with E-state index in [1.165, 1.54) is 0 Å². The summed E-state index contributed by atoms with van der Waals surface area (Å²) in [6, 6.07) is 3.13. The van der Waals surface area contributed by atoms with E-state index in [0.29, 0.717) is 0 Å². The molecular weight excluding hydrogens is 211 g/mol. The molecule has 1 aromatic carbocycles. The number of hydrogen-bond acceptors (Lipinski definition) is 2. The highest BCUT2D eigenvalue weighted by Crippen LogP contribution is 2.32. The Bertz CT molecular complexity index is 311. The van der Waals surface area contributed by atoms with Crippen molar-refractivity contribution in [1.82, 2.24) is 0 Å². The number of phenols is 1. The Morgan fingerprint density at radius 1 is 1.23 bits per heavy atom. The minimum absolute atomic E-state index is 0.0455. The van der Waals surface area contributed by atoms with Crippen LogP contribution >= 0.6 is 23.2 Å². The smallest absolute Gasteiger partial charge is 0.152 e. The fraction of sp³-hybridized carbons (Fsp3) is 0.111. The molecule has 0 radical (unpaired) electrons. The van der Waals surface area contributed by atoms with E-state index in [1.807, 2.05) is 0 Å². The molecule has 0 heterocycles. The van der Waals surface area contributed by atoms with E-state index in [-0.39, 0.29) is 22.4 Å². The predicted octanol–water partition coefficient (Wildman–Crippen LogP) is 2.70. The Balaban J connectivity index is 3.06. The molecule has 0 saturated carbocycles. The van der Waals surface area contributed by atoms with E-state index < -0.39 is 0 Å². The van der Waals surface area contributed by atoms with Crippen molar-refractivity contribution in [3.63, 3.8) is 0 Å². The maximum absolute atomic E-state index is 9.22. The largest absolute Gasteiger partial charge is 0.505 e. The van der Waals surface area contributed by atoms with Gasteiger partial charge >= 0.3 is 0 Å². The molecule has 0 saturated heterocycles. The Morgan fingerprint density at radius 3 is 2.23 bits per heavy atom. The lowest BCUT2D eigenvalue weighted by atomic mass is 10.2. The monoisotopic (exact) mass is 218 g/mol. The molecule has 0 unspecified atom stereocenters. The number of aliphatic hydroxyl groups excluding tert-OH is 1. The first-order valence-electron chi connectivity index (χ1n) is 3.60. The van der Waals surface area contributed by atoms with Gasteiger partial charge in [-0.3, -0.25) is 0 Å². The second-order valence-electron chi connectivity index (χ2n) is 2.42. The second-order valence-corrected chi connectivity index (χ2v) is 3.23. The molecule has 0 aromatic heterocycles. The molecule has 0 aliphatic carbocycles. The Hall–Kier alpha value is -0.700. The van der Waals surface area contributed by atoms with Crippen LogP contribution in [0.5, 0.6) is 5.75 Å². The Labute approximate surface area is 86.0 Å². The maximum atomic E-state index is 9.22. The van der Waals surface area contributed by atoms with Gasteiger partial charge in [-0.25, -0.2) is 0 Å². The van der Waals surface area contributed by atoms with Crippen molar-refractivity contribution in [1.29, 1.82) is 0 Å². The molecule has 2 nitrogen and oxygen atoms in total. The molecule has 1 aromatic rings. The molecule has 4 heteroatoms. The third kappa shape index (κ3) is 2.62. The first-order valence-corrected chi connectivity index (χ1v) is 4.36. The van der Waals surface area contributed by atoms with Crippen LogP contribution in [-0.2, 0) is 0 Å². The van der Waals surface area contributed by atoms with Gasteiger partial charge in [0, 0.05) is 0 Å². The molecule has 13 heavy (non-hydrogen) atoms. The molecule has 0 aliphatic heterocycles. The van der Waals surface area contributed by atoms with Crippen molar-refractivity contribution in [2.75, 3.05) is 6.61 Å². The zero-order valence-electron chi connectivity index (χ0n) is 6.67. The highest BCUT2D eigenvalue weighted by Gasteiger charge is 2.04. The zero-order chi connectivity index (χ0) is 9.84. The summed E-state index contributed by atoms with van der Waals surface area (Å²) in [5.74, 6) is -0.121. The van der Waals surface area contributed by atoms with E-state index in [0.717, 1.165) is 5.56 Å². The SMILES string of the molecule is OCC=Cc1cc(Cl)c(O)c(Cl)c1. The van der Waals surface area contributed by atoms with Crippen LogP contribution in [0, 0.1) is 0 Å². The lowest BCUT2D eigenvalue weighted by Crippen LogP contribution is -1.77. The van der Waals surface area contributed by atoms with Crippen LogP contribution in [-0.4, -0.2) is 16.8 Å². The minimum Gasteiger partial charge on any atom is -0.505 e. The molecule has 0 fully saturated rings. The summed E-state index contributed by atoms with van der Waals surface area (Å²) >= 11 is 11.3. The van der Waals surface area contributed by atoms with Crippen LogP contribution in [0.4, 0.5) is 0 Å². The van der Waals surface area contributed by atoms with E-state index in [9.17, 15) is 5.11 Å². The second kappa shape index (κ2) is 4.51. The minimum atomic E-state index is -0.121. The van der Waals surface area contributed by atoms with Crippen molar-refractivity contribution >= 4 is 29.3 Å². The summed E-state index contributed by atoms with van der Waals surface area (Å²) in [6.45, 7) is -0.0455. The number of phenolic OH excluding ortho intramolecular Hbond substituents is 1. The van der Waals surface area contributed by atoms with Gasteiger partial charge in [0.2, 0.25) is 0 Å². The van der Waals surface area contributed by atoms with Gasteiger partial charge in [-0.1, -0.05) is 35.4 Å². The molecule has 0 spiro atoms. The van der Waals surface area contributed by atoms with E-state index in [1.54, 1.807) is 24.3 Å². The fourth-order valence-corrected chi connectivity index (χ4v) is 1.37. The number of aliphatic hydroxyl groups is 1. The van der Waals surface area contributed by atoms with Crippen molar-refractivity contribution in [2.45, 2.75) is 0 Å². The Morgan fingerprint density at radius 2 is 1.77 bits per heavy atom. The summed E-state index contributed by atoms with van der Waals surface area (Å²) in [7, 11) is 0. The lowest BCUT2D eigenvalue weighted by Gasteiger charge is -2.01. The van der Waals surface area contributed by atoms with E-state index >= 15 is 0 Å². The predicted molar refractivity (Wildman–Crippen MR) is 54.2 cm³/mol. The highest BCUT2D eigenvalue weighted by molar-refractivity contribution is 6.37.